The topological polar surface area (TPSA) is 77.0 Å². The van der Waals surface area contributed by atoms with Gasteiger partial charge in [0.1, 0.15) is 11.5 Å². The third kappa shape index (κ3) is 6.52. The number of halogens is 1. The highest BCUT2D eigenvalue weighted by Gasteiger charge is 2.11. The molecule has 0 aliphatic carbocycles. The standard InChI is InChI=1S/C24H21BrN2O4/c1-16-8-9-17(2)22(12-16)30-15-23(28)27-26-14-19-13-20(25)10-11-21(19)31-24(29)18-6-4-3-5-7-18/h3-14H,15H2,1-2H3,(H,27,28)/b26-14+. The van der Waals surface area contributed by atoms with Crippen LogP contribution in [0, 0.1) is 13.8 Å². The monoisotopic (exact) mass is 480 g/mol. The van der Waals surface area contributed by atoms with Gasteiger partial charge in [0, 0.05) is 10.0 Å². The SMILES string of the molecule is Cc1ccc(C)c(OCC(=O)N/N=C/c2cc(Br)ccc2OC(=O)c2ccccc2)c1. The van der Waals surface area contributed by atoms with Crippen molar-refractivity contribution < 1.29 is 19.1 Å². The predicted octanol–water partition coefficient (Wildman–Crippen LogP) is 4.81. The molecule has 1 N–H and O–H groups in total. The Hall–Kier alpha value is -3.45. The van der Waals surface area contributed by atoms with E-state index in [1.54, 1.807) is 42.5 Å². The molecule has 6 nitrogen and oxygen atoms in total. The molecule has 7 heteroatoms. The molecular weight excluding hydrogens is 460 g/mol. The van der Waals surface area contributed by atoms with Crippen molar-refractivity contribution in [2.75, 3.05) is 6.61 Å². The Morgan fingerprint density at radius 2 is 1.77 bits per heavy atom. The van der Waals surface area contributed by atoms with Crippen molar-refractivity contribution >= 4 is 34.0 Å². The summed E-state index contributed by atoms with van der Waals surface area (Å²) in [4.78, 5) is 24.4. The molecule has 0 bridgehead atoms. The van der Waals surface area contributed by atoms with E-state index >= 15 is 0 Å². The quantitative estimate of drug-likeness (QED) is 0.227. The summed E-state index contributed by atoms with van der Waals surface area (Å²) >= 11 is 3.38. The largest absolute Gasteiger partial charge is 0.483 e. The average molecular weight is 481 g/mol. The molecule has 3 aromatic carbocycles. The zero-order valence-electron chi connectivity index (χ0n) is 17.1. The van der Waals surface area contributed by atoms with E-state index in [0.29, 0.717) is 22.6 Å². The zero-order valence-corrected chi connectivity index (χ0v) is 18.7. The number of carbonyl (C=O) groups excluding carboxylic acids is 2. The summed E-state index contributed by atoms with van der Waals surface area (Å²) in [5.41, 5.74) is 5.37. The minimum atomic E-state index is -0.483. The van der Waals surface area contributed by atoms with E-state index in [1.165, 1.54) is 6.21 Å². The van der Waals surface area contributed by atoms with Crippen LogP contribution in [0.15, 0.2) is 76.3 Å². The highest BCUT2D eigenvalue weighted by atomic mass is 79.9. The van der Waals surface area contributed by atoms with Gasteiger partial charge in [0.2, 0.25) is 0 Å². The van der Waals surface area contributed by atoms with Gasteiger partial charge in [-0.2, -0.15) is 5.10 Å². The zero-order chi connectivity index (χ0) is 22.2. The van der Waals surface area contributed by atoms with Gasteiger partial charge in [0.05, 0.1) is 11.8 Å². The molecule has 0 aromatic heterocycles. The minimum absolute atomic E-state index is 0.171. The van der Waals surface area contributed by atoms with Crippen molar-refractivity contribution in [2.45, 2.75) is 13.8 Å². The van der Waals surface area contributed by atoms with Gasteiger partial charge in [-0.1, -0.05) is 46.3 Å². The Kier molecular flexibility index (Phi) is 7.56. The number of rotatable bonds is 7. The van der Waals surface area contributed by atoms with E-state index in [-0.39, 0.29) is 6.61 Å². The van der Waals surface area contributed by atoms with Gasteiger partial charge in [0.25, 0.3) is 5.91 Å². The number of nitrogens with zero attached hydrogens (tertiary/aromatic N) is 1. The van der Waals surface area contributed by atoms with Gasteiger partial charge in [-0.15, -0.1) is 0 Å². The van der Waals surface area contributed by atoms with Crippen LogP contribution in [-0.4, -0.2) is 24.7 Å². The van der Waals surface area contributed by atoms with Crippen molar-refractivity contribution in [1.82, 2.24) is 5.43 Å². The molecule has 0 aliphatic heterocycles. The fourth-order valence-electron chi connectivity index (χ4n) is 2.66. The first kappa shape index (κ1) is 22.2. The summed E-state index contributed by atoms with van der Waals surface area (Å²) in [7, 11) is 0. The van der Waals surface area contributed by atoms with Gasteiger partial charge in [-0.3, -0.25) is 4.79 Å². The van der Waals surface area contributed by atoms with Crippen LogP contribution < -0.4 is 14.9 Å². The smallest absolute Gasteiger partial charge is 0.343 e. The molecule has 0 fully saturated rings. The average Bonchev–Trinajstić information content (AvgIpc) is 2.76. The first-order valence-electron chi connectivity index (χ1n) is 9.51. The first-order valence-corrected chi connectivity index (χ1v) is 10.3. The lowest BCUT2D eigenvalue weighted by Gasteiger charge is -2.09. The maximum absolute atomic E-state index is 12.3. The van der Waals surface area contributed by atoms with Crippen LogP contribution in [0.4, 0.5) is 0 Å². The van der Waals surface area contributed by atoms with Crippen LogP contribution >= 0.6 is 15.9 Å². The molecule has 31 heavy (non-hydrogen) atoms. The van der Waals surface area contributed by atoms with Crippen LogP contribution in [0.25, 0.3) is 0 Å². The van der Waals surface area contributed by atoms with Gasteiger partial charge >= 0.3 is 5.97 Å². The number of amides is 1. The third-order valence-electron chi connectivity index (χ3n) is 4.28. The molecule has 0 heterocycles. The molecule has 3 rings (SSSR count). The number of nitrogens with one attached hydrogen (secondary N) is 1. The summed E-state index contributed by atoms with van der Waals surface area (Å²) in [5, 5.41) is 3.96. The lowest BCUT2D eigenvalue weighted by molar-refractivity contribution is -0.123. The maximum atomic E-state index is 12.3. The Morgan fingerprint density at radius 3 is 2.55 bits per heavy atom. The molecule has 0 saturated heterocycles. The van der Waals surface area contributed by atoms with Gasteiger partial charge in [-0.05, 0) is 61.4 Å². The maximum Gasteiger partial charge on any atom is 0.343 e. The summed E-state index contributed by atoms with van der Waals surface area (Å²) in [6.07, 6.45) is 1.41. The number of ether oxygens (including phenoxy) is 2. The number of aryl methyl sites for hydroxylation is 2. The number of hydrogen-bond acceptors (Lipinski definition) is 5. The van der Waals surface area contributed by atoms with Crippen molar-refractivity contribution in [2.24, 2.45) is 5.10 Å². The molecule has 0 saturated carbocycles. The molecule has 0 atom stereocenters. The molecule has 0 aliphatic rings. The lowest BCUT2D eigenvalue weighted by Crippen LogP contribution is -2.24. The normalized spacial score (nSPS) is 10.7. The second-order valence-electron chi connectivity index (χ2n) is 6.79. The van der Waals surface area contributed by atoms with E-state index in [9.17, 15) is 9.59 Å². The number of hydrogen-bond donors (Lipinski definition) is 1. The van der Waals surface area contributed by atoms with Crippen LogP contribution in [0.3, 0.4) is 0 Å². The van der Waals surface area contributed by atoms with E-state index < -0.39 is 11.9 Å². The molecule has 0 radical (unpaired) electrons. The summed E-state index contributed by atoms with van der Waals surface area (Å²) in [6.45, 7) is 3.70. The van der Waals surface area contributed by atoms with Crippen LogP contribution in [-0.2, 0) is 4.79 Å². The van der Waals surface area contributed by atoms with Crippen molar-refractivity contribution in [3.8, 4) is 11.5 Å². The van der Waals surface area contributed by atoms with Gasteiger partial charge < -0.3 is 9.47 Å². The molecule has 0 spiro atoms. The number of hydrazone groups is 1. The molecule has 158 valence electrons. The van der Waals surface area contributed by atoms with Gasteiger partial charge in [-0.25, -0.2) is 10.2 Å². The van der Waals surface area contributed by atoms with Crippen LogP contribution in [0.1, 0.15) is 27.0 Å². The third-order valence-corrected chi connectivity index (χ3v) is 4.77. The van der Waals surface area contributed by atoms with Crippen molar-refractivity contribution in [3.05, 3.63) is 93.5 Å². The molecule has 0 unspecified atom stereocenters. The predicted molar refractivity (Wildman–Crippen MR) is 123 cm³/mol. The lowest BCUT2D eigenvalue weighted by atomic mass is 10.1. The number of esters is 1. The highest BCUT2D eigenvalue weighted by Crippen LogP contribution is 2.23. The fraction of sp³-hybridized carbons (Fsp3) is 0.125. The van der Waals surface area contributed by atoms with E-state index in [1.807, 2.05) is 38.1 Å². The van der Waals surface area contributed by atoms with Crippen LogP contribution in [0.2, 0.25) is 0 Å². The second-order valence-corrected chi connectivity index (χ2v) is 7.70. The van der Waals surface area contributed by atoms with Gasteiger partial charge in [0.15, 0.2) is 6.61 Å². The van der Waals surface area contributed by atoms with Crippen molar-refractivity contribution in [3.63, 3.8) is 0 Å². The number of carbonyl (C=O) groups is 2. The second kappa shape index (κ2) is 10.5. The Balaban J connectivity index is 1.62. The summed E-state index contributed by atoms with van der Waals surface area (Å²) in [5.74, 6) is 0.0847. The number of benzene rings is 3. The van der Waals surface area contributed by atoms with E-state index in [0.717, 1.165) is 15.6 Å². The molecule has 3 aromatic rings. The Morgan fingerprint density at radius 1 is 1.00 bits per heavy atom. The van der Waals surface area contributed by atoms with E-state index in [4.69, 9.17) is 9.47 Å². The summed E-state index contributed by atoms with van der Waals surface area (Å²) < 4.78 is 11.8. The minimum Gasteiger partial charge on any atom is -0.483 e. The summed E-state index contributed by atoms with van der Waals surface area (Å²) in [6, 6.07) is 19.6. The molecular formula is C24H21BrN2O4. The highest BCUT2D eigenvalue weighted by molar-refractivity contribution is 9.10. The Bertz CT molecular complexity index is 1110. The molecule has 1 amide bonds. The first-order chi connectivity index (χ1) is 14.9. The van der Waals surface area contributed by atoms with Crippen LogP contribution in [0.5, 0.6) is 11.5 Å². The fourth-order valence-corrected chi connectivity index (χ4v) is 3.04. The van der Waals surface area contributed by atoms with E-state index in [2.05, 4.69) is 26.5 Å². The Labute approximate surface area is 189 Å². The van der Waals surface area contributed by atoms with Crippen molar-refractivity contribution in [1.29, 1.82) is 0 Å².